The molecule has 160 valence electrons. The standard InChI is InChI=1S/C25H29BN2O3/c1-17(2)27-16-18-5-3-6-20(13-18)19-9-11-28(12-10-19)25(29)23-8-4-7-21-14-22(26(30)31)15-24(21)23/h3-8,13,15,19,27,30-31H,1,9-12,14,16H2,2H3. The number of hydrogen-bond donors (Lipinski definition) is 3. The number of amides is 1. The third-order valence-corrected chi connectivity index (χ3v) is 6.28. The molecule has 6 heteroatoms. The summed E-state index contributed by atoms with van der Waals surface area (Å²) in [6.07, 6.45) is 4.11. The van der Waals surface area contributed by atoms with Gasteiger partial charge in [0.2, 0.25) is 0 Å². The Balaban J connectivity index is 1.42. The van der Waals surface area contributed by atoms with E-state index in [1.54, 1.807) is 6.08 Å². The quantitative estimate of drug-likeness (QED) is 0.632. The fourth-order valence-corrected chi connectivity index (χ4v) is 4.54. The molecule has 1 amide bonds. The first kappa shape index (κ1) is 21.4. The molecule has 2 aromatic rings. The van der Waals surface area contributed by atoms with E-state index in [9.17, 15) is 14.8 Å². The molecule has 1 saturated heterocycles. The van der Waals surface area contributed by atoms with E-state index in [0.29, 0.717) is 23.4 Å². The number of allylic oxidation sites excluding steroid dienone is 2. The molecule has 1 aliphatic carbocycles. The van der Waals surface area contributed by atoms with Crippen LogP contribution in [0.4, 0.5) is 0 Å². The smallest absolute Gasteiger partial charge is 0.423 e. The lowest BCUT2D eigenvalue weighted by atomic mass is 9.78. The second-order valence-corrected chi connectivity index (χ2v) is 8.59. The Hall–Kier alpha value is -2.83. The maximum atomic E-state index is 13.2. The number of carbonyl (C=O) groups is 1. The zero-order valence-electron chi connectivity index (χ0n) is 18.0. The number of piperidine rings is 1. The average molecular weight is 416 g/mol. The molecule has 3 N–H and O–H groups in total. The molecule has 0 aromatic heterocycles. The largest absolute Gasteiger partial charge is 0.484 e. The van der Waals surface area contributed by atoms with Gasteiger partial charge in [-0.05, 0) is 65.9 Å². The Morgan fingerprint density at radius 3 is 2.65 bits per heavy atom. The van der Waals surface area contributed by atoms with Gasteiger partial charge in [-0.1, -0.05) is 49.1 Å². The molecule has 2 aliphatic rings. The number of nitrogens with zero attached hydrogens (tertiary/aromatic N) is 1. The van der Waals surface area contributed by atoms with Crippen molar-refractivity contribution in [2.45, 2.75) is 38.6 Å². The zero-order valence-corrected chi connectivity index (χ0v) is 18.0. The molecule has 0 spiro atoms. The summed E-state index contributed by atoms with van der Waals surface area (Å²) in [5.41, 5.74) is 6.53. The number of nitrogens with one attached hydrogen (secondary N) is 1. The van der Waals surface area contributed by atoms with Crippen LogP contribution in [0.25, 0.3) is 6.08 Å². The maximum absolute atomic E-state index is 13.2. The van der Waals surface area contributed by atoms with Crippen molar-refractivity contribution >= 4 is 19.1 Å². The van der Waals surface area contributed by atoms with Crippen molar-refractivity contribution < 1.29 is 14.8 Å². The molecule has 2 aromatic carbocycles. The van der Waals surface area contributed by atoms with Gasteiger partial charge in [0.15, 0.2) is 0 Å². The number of hydrogen-bond acceptors (Lipinski definition) is 4. The molecular formula is C25H29BN2O3. The highest BCUT2D eigenvalue weighted by Crippen LogP contribution is 2.32. The highest BCUT2D eigenvalue weighted by atomic mass is 16.4. The van der Waals surface area contributed by atoms with Gasteiger partial charge in [-0.2, -0.15) is 0 Å². The minimum Gasteiger partial charge on any atom is -0.423 e. The lowest BCUT2D eigenvalue weighted by Crippen LogP contribution is -2.38. The number of benzene rings is 2. The van der Waals surface area contributed by atoms with Crippen LogP contribution in [0.1, 0.15) is 58.3 Å². The summed E-state index contributed by atoms with van der Waals surface area (Å²) in [6, 6.07) is 14.3. The summed E-state index contributed by atoms with van der Waals surface area (Å²) in [5.74, 6) is 0.478. The van der Waals surface area contributed by atoms with E-state index in [1.165, 1.54) is 11.1 Å². The molecule has 5 nitrogen and oxygen atoms in total. The topological polar surface area (TPSA) is 72.8 Å². The molecule has 4 rings (SSSR count). The summed E-state index contributed by atoms with van der Waals surface area (Å²) < 4.78 is 0. The van der Waals surface area contributed by atoms with Gasteiger partial charge in [-0.25, -0.2) is 0 Å². The van der Waals surface area contributed by atoms with Crippen molar-refractivity contribution in [1.29, 1.82) is 0 Å². The van der Waals surface area contributed by atoms with Gasteiger partial charge in [-0.3, -0.25) is 4.79 Å². The van der Waals surface area contributed by atoms with Gasteiger partial charge >= 0.3 is 7.12 Å². The van der Waals surface area contributed by atoms with E-state index in [0.717, 1.165) is 49.3 Å². The third kappa shape index (κ3) is 4.76. The van der Waals surface area contributed by atoms with Crippen LogP contribution in [-0.4, -0.2) is 41.1 Å². The Morgan fingerprint density at radius 2 is 1.94 bits per heavy atom. The second kappa shape index (κ2) is 9.12. The van der Waals surface area contributed by atoms with Gasteiger partial charge in [0.1, 0.15) is 0 Å². The highest BCUT2D eigenvalue weighted by Gasteiger charge is 2.29. The van der Waals surface area contributed by atoms with Crippen LogP contribution in [-0.2, 0) is 13.0 Å². The van der Waals surface area contributed by atoms with Crippen molar-refractivity contribution in [3.8, 4) is 0 Å². The van der Waals surface area contributed by atoms with Gasteiger partial charge < -0.3 is 20.3 Å². The highest BCUT2D eigenvalue weighted by molar-refractivity contribution is 6.52. The van der Waals surface area contributed by atoms with Crippen molar-refractivity contribution in [1.82, 2.24) is 10.2 Å². The number of rotatable bonds is 6. The van der Waals surface area contributed by atoms with E-state index in [1.807, 2.05) is 30.0 Å². The molecule has 0 saturated carbocycles. The van der Waals surface area contributed by atoms with Crippen molar-refractivity contribution in [3.05, 3.63) is 88.0 Å². The normalized spacial score (nSPS) is 16.0. The Bertz CT molecular complexity index is 1020. The molecule has 0 bridgehead atoms. The Kier molecular flexibility index (Phi) is 6.30. The molecule has 31 heavy (non-hydrogen) atoms. The van der Waals surface area contributed by atoms with Gasteiger partial charge in [0.05, 0.1) is 0 Å². The summed E-state index contributed by atoms with van der Waals surface area (Å²) in [5, 5.41) is 22.3. The molecule has 1 fully saturated rings. The van der Waals surface area contributed by atoms with E-state index in [-0.39, 0.29) is 5.91 Å². The van der Waals surface area contributed by atoms with Crippen molar-refractivity contribution in [2.75, 3.05) is 13.1 Å². The first-order valence-corrected chi connectivity index (χ1v) is 10.9. The molecular weight excluding hydrogens is 387 g/mol. The van der Waals surface area contributed by atoms with Crippen LogP contribution in [0.2, 0.25) is 0 Å². The Labute approximate surface area is 184 Å². The van der Waals surface area contributed by atoms with E-state index < -0.39 is 7.12 Å². The van der Waals surface area contributed by atoms with E-state index >= 15 is 0 Å². The second-order valence-electron chi connectivity index (χ2n) is 8.59. The molecule has 0 radical (unpaired) electrons. The van der Waals surface area contributed by atoms with Crippen LogP contribution in [0.15, 0.2) is 60.2 Å². The van der Waals surface area contributed by atoms with E-state index in [4.69, 9.17) is 0 Å². The summed E-state index contributed by atoms with van der Waals surface area (Å²) >= 11 is 0. The maximum Gasteiger partial charge on any atom is 0.484 e. The summed E-state index contributed by atoms with van der Waals surface area (Å²) in [6.45, 7) is 8.07. The minimum atomic E-state index is -1.48. The summed E-state index contributed by atoms with van der Waals surface area (Å²) in [7, 11) is -1.48. The van der Waals surface area contributed by atoms with Crippen LogP contribution in [0.3, 0.4) is 0 Å². The summed E-state index contributed by atoms with van der Waals surface area (Å²) in [4.78, 5) is 15.2. The fourth-order valence-electron chi connectivity index (χ4n) is 4.54. The van der Waals surface area contributed by atoms with Crippen LogP contribution >= 0.6 is 0 Å². The van der Waals surface area contributed by atoms with E-state index in [2.05, 4.69) is 36.2 Å². The van der Waals surface area contributed by atoms with Gasteiger partial charge in [-0.15, -0.1) is 0 Å². The third-order valence-electron chi connectivity index (χ3n) is 6.28. The number of carbonyl (C=O) groups excluding carboxylic acids is 1. The first-order chi connectivity index (χ1) is 14.9. The van der Waals surface area contributed by atoms with Crippen molar-refractivity contribution in [3.63, 3.8) is 0 Å². The molecule has 1 heterocycles. The molecule has 0 atom stereocenters. The number of likely N-dealkylation sites (tertiary alicyclic amines) is 1. The fraction of sp³-hybridized carbons (Fsp3) is 0.320. The number of fused-ring (bicyclic) bond motifs is 1. The SMILES string of the molecule is C=C(C)NCc1cccc(C2CCN(C(=O)c3cccc4c3C=C(B(O)O)C4)CC2)c1. The Morgan fingerprint density at radius 1 is 1.19 bits per heavy atom. The van der Waals surface area contributed by atoms with Crippen LogP contribution < -0.4 is 5.32 Å². The van der Waals surface area contributed by atoms with Crippen LogP contribution in [0, 0.1) is 0 Å². The first-order valence-electron chi connectivity index (χ1n) is 10.9. The predicted molar refractivity (Wildman–Crippen MR) is 124 cm³/mol. The average Bonchev–Trinajstić information content (AvgIpc) is 3.22. The molecule has 1 aliphatic heterocycles. The van der Waals surface area contributed by atoms with Gasteiger partial charge in [0.25, 0.3) is 5.91 Å². The monoisotopic (exact) mass is 416 g/mol. The van der Waals surface area contributed by atoms with Crippen molar-refractivity contribution in [2.24, 2.45) is 0 Å². The minimum absolute atomic E-state index is 0.0274. The lowest BCUT2D eigenvalue weighted by Gasteiger charge is -2.33. The van der Waals surface area contributed by atoms with Gasteiger partial charge in [0, 0.05) is 30.9 Å². The predicted octanol–water partition coefficient (Wildman–Crippen LogP) is 3.28. The lowest BCUT2D eigenvalue weighted by molar-refractivity contribution is 0.0712. The molecule has 0 unspecified atom stereocenters. The zero-order chi connectivity index (χ0) is 22.0. The van der Waals surface area contributed by atoms with Crippen LogP contribution in [0.5, 0.6) is 0 Å².